The molecule has 0 atom stereocenters. The Hall–Kier alpha value is -1.79. The van der Waals surface area contributed by atoms with Gasteiger partial charge in [-0.25, -0.2) is 8.78 Å². The van der Waals surface area contributed by atoms with Gasteiger partial charge in [0.2, 0.25) is 0 Å². The van der Waals surface area contributed by atoms with Crippen molar-refractivity contribution in [2.45, 2.75) is 9.79 Å². The van der Waals surface area contributed by atoms with E-state index in [-0.39, 0.29) is 5.84 Å². The molecule has 3 nitrogen and oxygen atoms in total. The minimum Gasteiger partial charge on any atom is -0.409 e. The van der Waals surface area contributed by atoms with Gasteiger partial charge in [0, 0.05) is 15.4 Å². The van der Waals surface area contributed by atoms with Gasteiger partial charge in [0.15, 0.2) is 17.5 Å². The Bertz CT molecular complexity index is 679. The van der Waals surface area contributed by atoms with Gasteiger partial charge in [-0.05, 0) is 36.4 Å². The summed E-state index contributed by atoms with van der Waals surface area (Å²) in [4.78, 5) is 1.26. The molecule has 0 aromatic heterocycles. The molecule has 0 aliphatic rings. The van der Waals surface area contributed by atoms with Crippen LogP contribution in [0.5, 0.6) is 0 Å². The average molecular weight is 315 g/mol. The Labute approximate surface area is 123 Å². The standard InChI is InChI=1S/C13H9ClF2N2OS/c14-10-5-7(1-3-9(10)13(17)18-19)20-8-2-4-11(15)12(16)6-8/h1-6,19H,(H2,17,18). The third-order valence-electron chi connectivity index (χ3n) is 2.45. The lowest BCUT2D eigenvalue weighted by Crippen LogP contribution is -2.13. The van der Waals surface area contributed by atoms with Gasteiger partial charge in [-0.3, -0.25) is 0 Å². The van der Waals surface area contributed by atoms with Crippen LogP contribution < -0.4 is 5.73 Å². The van der Waals surface area contributed by atoms with Crippen LogP contribution in [0.4, 0.5) is 8.78 Å². The molecular weight excluding hydrogens is 306 g/mol. The van der Waals surface area contributed by atoms with Crippen molar-refractivity contribution in [3.05, 3.63) is 58.6 Å². The van der Waals surface area contributed by atoms with E-state index in [1.54, 1.807) is 18.2 Å². The Morgan fingerprint density at radius 1 is 1.10 bits per heavy atom. The molecule has 2 aromatic carbocycles. The maximum atomic E-state index is 13.1. The van der Waals surface area contributed by atoms with Gasteiger partial charge in [-0.1, -0.05) is 28.5 Å². The zero-order valence-corrected chi connectivity index (χ0v) is 11.6. The number of hydrogen-bond donors (Lipinski definition) is 2. The lowest BCUT2D eigenvalue weighted by molar-refractivity contribution is 0.318. The van der Waals surface area contributed by atoms with E-state index in [0.717, 1.165) is 17.0 Å². The molecule has 0 bridgehead atoms. The van der Waals surface area contributed by atoms with Gasteiger partial charge in [0.1, 0.15) is 0 Å². The molecule has 0 amide bonds. The average Bonchev–Trinajstić information content (AvgIpc) is 2.42. The van der Waals surface area contributed by atoms with Crippen LogP contribution in [-0.2, 0) is 0 Å². The van der Waals surface area contributed by atoms with Gasteiger partial charge < -0.3 is 10.9 Å². The van der Waals surface area contributed by atoms with Crippen molar-refractivity contribution in [2.75, 3.05) is 0 Å². The number of hydrogen-bond acceptors (Lipinski definition) is 3. The fourth-order valence-corrected chi connectivity index (χ4v) is 2.72. The van der Waals surface area contributed by atoms with Crippen molar-refractivity contribution in [3.63, 3.8) is 0 Å². The molecule has 0 aliphatic carbocycles. The first-order valence-corrected chi connectivity index (χ1v) is 6.61. The molecule has 2 rings (SSSR count). The van der Waals surface area contributed by atoms with Crippen molar-refractivity contribution < 1.29 is 14.0 Å². The molecule has 3 N–H and O–H groups in total. The second-order valence-electron chi connectivity index (χ2n) is 3.80. The molecule has 104 valence electrons. The summed E-state index contributed by atoms with van der Waals surface area (Å²) in [6.45, 7) is 0. The van der Waals surface area contributed by atoms with Crippen LogP contribution in [0, 0.1) is 11.6 Å². The number of halogens is 3. The predicted octanol–water partition coefficient (Wildman–Crippen LogP) is 3.86. The summed E-state index contributed by atoms with van der Waals surface area (Å²) in [5.74, 6) is -1.90. The quantitative estimate of drug-likeness (QED) is 0.391. The van der Waals surface area contributed by atoms with Crippen molar-refractivity contribution in [1.82, 2.24) is 0 Å². The Morgan fingerprint density at radius 2 is 1.75 bits per heavy atom. The monoisotopic (exact) mass is 314 g/mol. The summed E-state index contributed by atoms with van der Waals surface area (Å²) in [7, 11) is 0. The number of rotatable bonds is 3. The molecule has 0 heterocycles. The van der Waals surface area contributed by atoms with Crippen LogP contribution in [0.2, 0.25) is 5.02 Å². The summed E-state index contributed by atoms with van der Waals surface area (Å²) in [6.07, 6.45) is 0. The van der Waals surface area contributed by atoms with Gasteiger partial charge in [0.05, 0.1) is 5.02 Å². The number of amidine groups is 1. The summed E-state index contributed by atoms with van der Waals surface area (Å²) in [6, 6.07) is 8.50. The highest BCUT2D eigenvalue weighted by atomic mass is 35.5. The lowest BCUT2D eigenvalue weighted by Gasteiger charge is -2.06. The SMILES string of the molecule is NC(=NO)c1ccc(Sc2ccc(F)c(F)c2)cc1Cl. The second-order valence-corrected chi connectivity index (χ2v) is 5.36. The minimum atomic E-state index is -0.908. The molecule has 0 saturated carbocycles. The largest absolute Gasteiger partial charge is 0.409 e. The maximum Gasteiger partial charge on any atom is 0.171 e. The molecule has 0 unspecified atom stereocenters. The van der Waals surface area contributed by atoms with Crippen LogP contribution in [0.3, 0.4) is 0 Å². The highest BCUT2D eigenvalue weighted by Crippen LogP contribution is 2.31. The van der Waals surface area contributed by atoms with Crippen LogP contribution in [0.15, 0.2) is 51.3 Å². The fourth-order valence-electron chi connectivity index (χ4n) is 1.50. The first-order valence-electron chi connectivity index (χ1n) is 5.41. The van der Waals surface area contributed by atoms with E-state index in [0.29, 0.717) is 15.5 Å². The molecule has 0 fully saturated rings. The zero-order valence-electron chi connectivity index (χ0n) is 9.98. The smallest absolute Gasteiger partial charge is 0.171 e. The molecule has 0 saturated heterocycles. The van der Waals surface area contributed by atoms with Crippen LogP contribution in [-0.4, -0.2) is 11.0 Å². The van der Waals surface area contributed by atoms with Gasteiger partial charge >= 0.3 is 0 Å². The van der Waals surface area contributed by atoms with E-state index >= 15 is 0 Å². The van der Waals surface area contributed by atoms with Crippen molar-refractivity contribution in [1.29, 1.82) is 0 Å². The molecule has 2 aromatic rings. The van der Waals surface area contributed by atoms with E-state index in [1.165, 1.54) is 17.8 Å². The van der Waals surface area contributed by atoms with Gasteiger partial charge in [-0.2, -0.15) is 0 Å². The molecule has 0 radical (unpaired) electrons. The number of nitrogens with two attached hydrogens (primary N) is 1. The lowest BCUT2D eigenvalue weighted by atomic mass is 10.2. The van der Waals surface area contributed by atoms with E-state index < -0.39 is 11.6 Å². The predicted molar refractivity (Wildman–Crippen MR) is 74.4 cm³/mol. The Morgan fingerprint density at radius 3 is 2.35 bits per heavy atom. The topological polar surface area (TPSA) is 58.6 Å². The summed E-state index contributed by atoms with van der Waals surface area (Å²) in [5, 5.41) is 11.8. The fraction of sp³-hybridized carbons (Fsp3) is 0. The van der Waals surface area contributed by atoms with E-state index in [9.17, 15) is 8.78 Å². The van der Waals surface area contributed by atoms with Gasteiger partial charge in [0.25, 0.3) is 0 Å². The Balaban J connectivity index is 2.26. The zero-order chi connectivity index (χ0) is 14.7. The van der Waals surface area contributed by atoms with Crippen molar-refractivity contribution in [3.8, 4) is 0 Å². The number of benzene rings is 2. The third-order valence-corrected chi connectivity index (χ3v) is 3.74. The number of oxime groups is 1. The van der Waals surface area contributed by atoms with Gasteiger partial charge in [-0.15, -0.1) is 0 Å². The molecule has 20 heavy (non-hydrogen) atoms. The van der Waals surface area contributed by atoms with Crippen molar-refractivity contribution in [2.24, 2.45) is 10.9 Å². The maximum absolute atomic E-state index is 13.1. The normalized spacial score (nSPS) is 11.7. The molecule has 0 spiro atoms. The highest BCUT2D eigenvalue weighted by molar-refractivity contribution is 7.99. The summed E-state index contributed by atoms with van der Waals surface area (Å²) >= 11 is 7.22. The van der Waals surface area contributed by atoms with Crippen LogP contribution in [0.25, 0.3) is 0 Å². The first-order chi connectivity index (χ1) is 9.51. The Kier molecular flexibility index (Phi) is 4.46. The number of nitrogens with zero attached hydrogens (tertiary/aromatic N) is 1. The van der Waals surface area contributed by atoms with E-state index in [1.807, 2.05) is 0 Å². The van der Waals surface area contributed by atoms with Crippen molar-refractivity contribution >= 4 is 29.2 Å². The first kappa shape index (κ1) is 14.6. The summed E-state index contributed by atoms with van der Waals surface area (Å²) < 4.78 is 25.9. The third kappa shape index (κ3) is 3.20. The molecular formula is C13H9ClF2N2OS. The second kappa shape index (κ2) is 6.11. The van der Waals surface area contributed by atoms with E-state index in [2.05, 4.69) is 5.16 Å². The van der Waals surface area contributed by atoms with Crippen LogP contribution >= 0.6 is 23.4 Å². The van der Waals surface area contributed by atoms with E-state index in [4.69, 9.17) is 22.5 Å². The molecule has 7 heteroatoms. The summed E-state index contributed by atoms with van der Waals surface area (Å²) in [5.41, 5.74) is 5.84. The highest BCUT2D eigenvalue weighted by Gasteiger charge is 2.08. The molecule has 0 aliphatic heterocycles. The minimum absolute atomic E-state index is 0.0978. The van der Waals surface area contributed by atoms with Crippen LogP contribution in [0.1, 0.15) is 5.56 Å².